The first kappa shape index (κ1) is 11.7. The first-order valence-electron chi connectivity index (χ1n) is 6.83. The van der Waals surface area contributed by atoms with E-state index in [1.165, 1.54) is 31.2 Å². The summed E-state index contributed by atoms with van der Waals surface area (Å²) < 4.78 is 2.12. The fraction of sp³-hybridized carbons (Fsp3) is 0.571. The molecule has 2 aromatic rings. The van der Waals surface area contributed by atoms with Crippen LogP contribution < -0.4 is 5.73 Å². The highest BCUT2D eigenvalue weighted by molar-refractivity contribution is 5.50. The number of hydrogen-bond acceptors (Lipinski definition) is 3. The lowest BCUT2D eigenvalue weighted by Crippen LogP contribution is -2.02. The van der Waals surface area contributed by atoms with Gasteiger partial charge in [0.2, 0.25) is 0 Å². The third-order valence-corrected chi connectivity index (χ3v) is 3.95. The largest absolute Gasteiger partial charge is 0.330 e. The zero-order valence-corrected chi connectivity index (χ0v) is 10.9. The van der Waals surface area contributed by atoms with Crippen LogP contribution in [-0.4, -0.2) is 20.9 Å². The number of fused-ring (bicyclic) bond motifs is 1. The normalized spacial score (nSPS) is 16.8. The minimum atomic E-state index is 0.647. The molecule has 96 valence electrons. The summed E-state index contributed by atoms with van der Waals surface area (Å²) >= 11 is 0. The van der Waals surface area contributed by atoms with Crippen LogP contribution in [0.1, 0.15) is 48.7 Å². The number of nitrogens with two attached hydrogens (primary N) is 1. The summed E-state index contributed by atoms with van der Waals surface area (Å²) in [6.45, 7) is 2.68. The number of rotatable bonds is 3. The van der Waals surface area contributed by atoms with E-state index >= 15 is 0 Å². The van der Waals surface area contributed by atoms with Crippen molar-refractivity contribution in [3.63, 3.8) is 0 Å². The third kappa shape index (κ3) is 1.90. The second-order valence-corrected chi connectivity index (χ2v) is 5.21. The van der Waals surface area contributed by atoms with Crippen LogP contribution in [0.3, 0.4) is 0 Å². The zero-order valence-electron chi connectivity index (χ0n) is 10.9. The summed E-state index contributed by atoms with van der Waals surface area (Å²) in [7, 11) is 0. The smallest absolute Gasteiger partial charge is 0.143 e. The third-order valence-electron chi connectivity index (χ3n) is 3.95. The predicted octanol–water partition coefficient (Wildman–Crippen LogP) is 2.20. The Labute approximate surface area is 107 Å². The van der Waals surface area contributed by atoms with Gasteiger partial charge in [-0.3, -0.25) is 4.40 Å². The van der Waals surface area contributed by atoms with Crippen molar-refractivity contribution >= 4 is 5.65 Å². The summed E-state index contributed by atoms with van der Waals surface area (Å²) in [5.41, 5.74) is 9.11. The van der Waals surface area contributed by atoms with Gasteiger partial charge >= 0.3 is 0 Å². The Morgan fingerprint density at radius 1 is 1.39 bits per heavy atom. The Bertz CT molecular complexity index is 552. The van der Waals surface area contributed by atoms with E-state index in [-0.39, 0.29) is 0 Å². The fourth-order valence-electron chi connectivity index (χ4n) is 2.96. The molecule has 3 rings (SSSR count). The molecule has 1 aliphatic carbocycles. The van der Waals surface area contributed by atoms with Gasteiger partial charge in [0, 0.05) is 24.4 Å². The quantitative estimate of drug-likeness (QED) is 0.900. The Kier molecular flexibility index (Phi) is 3.04. The van der Waals surface area contributed by atoms with Gasteiger partial charge in [-0.15, -0.1) is 0 Å². The van der Waals surface area contributed by atoms with Gasteiger partial charge in [-0.2, -0.15) is 0 Å². The molecule has 18 heavy (non-hydrogen) atoms. The van der Waals surface area contributed by atoms with Crippen molar-refractivity contribution in [2.45, 2.75) is 44.9 Å². The Balaban J connectivity index is 2.10. The molecule has 0 unspecified atom stereocenters. The van der Waals surface area contributed by atoms with Crippen LogP contribution in [0.25, 0.3) is 5.65 Å². The molecule has 0 atom stereocenters. The topological polar surface area (TPSA) is 56.2 Å². The molecule has 2 aromatic heterocycles. The molecule has 2 N–H and O–H groups in total. The van der Waals surface area contributed by atoms with Crippen LogP contribution in [0.15, 0.2) is 12.4 Å². The zero-order chi connectivity index (χ0) is 12.5. The molecule has 0 radical (unpaired) electrons. The molecule has 4 nitrogen and oxygen atoms in total. The number of imidazole rings is 1. The van der Waals surface area contributed by atoms with Crippen molar-refractivity contribution in [1.82, 2.24) is 14.4 Å². The van der Waals surface area contributed by atoms with Crippen molar-refractivity contribution in [1.29, 1.82) is 0 Å². The van der Waals surface area contributed by atoms with E-state index in [9.17, 15) is 0 Å². The summed E-state index contributed by atoms with van der Waals surface area (Å²) in [6.07, 6.45) is 10.2. The first-order chi connectivity index (χ1) is 8.79. The van der Waals surface area contributed by atoms with E-state index < -0.39 is 0 Å². The van der Waals surface area contributed by atoms with Gasteiger partial charge in [0.25, 0.3) is 0 Å². The molecule has 0 bridgehead atoms. The van der Waals surface area contributed by atoms with Crippen molar-refractivity contribution in [2.24, 2.45) is 5.73 Å². The van der Waals surface area contributed by atoms with E-state index in [0.717, 1.165) is 23.6 Å². The predicted molar refractivity (Wildman–Crippen MR) is 71.7 cm³/mol. The molecule has 1 fully saturated rings. The maximum atomic E-state index is 5.62. The molecule has 0 spiro atoms. The molecular formula is C14H20N4. The highest BCUT2D eigenvalue weighted by atomic mass is 15.1. The standard InChI is InChI=1S/C14H20N4/c1-10-16-8-13(11-4-2-3-5-11)14-17-12(6-7-15)9-18(10)14/h8-9,11H,2-7,15H2,1H3. The van der Waals surface area contributed by atoms with Crippen LogP contribution in [0.5, 0.6) is 0 Å². The molecular weight excluding hydrogens is 224 g/mol. The van der Waals surface area contributed by atoms with Gasteiger partial charge in [-0.05, 0) is 32.2 Å². The monoisotopic (exact) mass is 244 g/mol. The average molecular weight is 244 g/mol. The maximum absolute atomic E-state index is 5.62. The number of aromatic nitrogens is 3. The summed E-state index contributed by atoms with van der Waals surface area (Å²) in [4.78, 5) is 9.27. The lowest BCUT2D eigenvalue weighted by Gasteiger charge is -2.11. The van der Waals surface area contributed by atoms with E-state index in [4.69, 9.17) is 10.7 Å². The molecule has 0 aliphatic heterocycles. The Morgan fingerprint density at radius 2 is 2.17 bits per heavy atom. The van der Waals surface area contributed by atoms with E-state index in [0.29, 0.717) is 12.5 Å². The lowest BCUT2D eigenvalue weighted by molar-refractivity contribution is 0.715. The van der Waals surface area contributed by atoms with Crippen molar-refractivity contribution in [2.75, 3.05) is 6.54 Å². The number of nitrogens with zero attached hydrogens (tertiary/aromatic N) is 3. The summed E-state index contributed by atoms with van der Waals surface area (Å²) in [5, 5.41) is 0. The SMILES string of the molecule is Cc1ncc(C2CCCC2)c2nc(CCN)cn12. The fourth-order valence-corrected chi connectivity index (χ4v) is 2.96. The summed E-state index contributed by atoms with van der Waals surface area (Å²) in [5.74, 6) is 1.65. The molecule has 1 aliphatic rings. The highest BCUT2D eigenvalue weighted by Gasteiger charge is 2.21. The van der Waals surface area contributed by atoms with Crippen molar-refractivity contribution < 1.29 is 0 Å². The molecule has 0 aromatic carbocycles. The Hall–Kier alpha value is -1.42. The van der Waals surface area contributed by atoms with Gasteiger partial charge < -0.3 is 5.73 Å². The van der Waals surface area contributed by atoms with Crippen LogP contribution in [-0.2, 0) is 6.42 Å². The molecule has 1 saturated carbocycles. The second kappa shape index (κ2) is 4.69. The van der Waals surface area contributed by atoms with Crippen LogP contribution in [0.2, 0.25) is 0 Å². The van der Waals surface area contributed by atoms with Crippen molar-refractivity contribution in [3.8, 4) is 0 Å². The van der Waals surface area contributed by atoms with E-state index in [1.807, 2.05) is 13.1 Å². The maximum Gasteiger partial charge on any atom is 0.143 e. The lowest BCUT2D eigenvalue weighted by atomic mass is 10.0. The van der Waals surface area contributed by atoms with Gasteiger partial charge in [0.05, 0.1) is 5.69 Å². The van der Waals surface area contributed by atoms with Crippen molar-refractivity contribution in [3.05, 3.63) is 29.5 Å². The highest BCUT2D eigenvalue weighted by Crippen LogP contribution is 2.35. The number of aryl methyl sites for hydroxylation is 1. The van der Waals surface area contributed by atoms with E-state index in [1.54, 1.807) is 0 Å². The second-order valence-electron chi connectivity index (χ2n) is 5.21. The van der Waals surface area contributed by atoms with E-state index in [2.05, 4.69) is 15.6 Å². The number of hydrogen-bond donors (Lipinski definition) is 1. The van der Waals surface area contributed by atoms with Gasteiger partial charge in [0.15, 0.2) is 0 Å². The molecule has 2 heterocycles. The Morgan fingerprint density at radius 3 is 2.89 bits per heavy atom. The molecule has 0 saturated heterocycles. The van der Waals surface area contributed by atoms with Crippen LogP contribution in [0, 0.1) is 6.92 Å². The molecule has 4 heteroatoms. The minimum absolute atomic E-state index is 0.647. The van der Waals surface area contributed by atoms with Crippen LogP contribution in [0.4, 0.5) is 0 Å². The van der Waals surface area contributed by atoms with Crippen LogP contribution >= 0.6 is 0 Å². The first-order valence-corrected chi connectivity index (χ1v) is 6.83. The summed E-state index contributed by atoms with van der Waals surface area (Å²) in [6, 6.07) is 0. The van der Waals surface area contributed by atoms with Gasteiger partial charge in [0.1, 0.15) is 11.5 Å². The minimum Gasteiger partial charge on any atom is -0.330 e. The average Bonchev–Trinajstić information content (AvgIpc) is 2.99. The molecule has 0 amide bonds. The van der Waals surface area contributed by atoms with Gasteiger partial charge in [-0.25, -0.2) is 9.97 Å². The van der Waals surface area contributed by atoms with Gasteiger partial charge in [-0.1, -0.05) is 12.8 Å².